The smallest absolute Gasteiger partial charge is 0.220 e. The summed E-state index contributed by atoms with van der Waals surface area (Å²) in [6.07, 6.45) is 0. The molecule has 0 aliphatic carbocycles. The van der Waals surface area contributed by atoms with E-state index in [1.165, 1.54) is 0 Å². The van der Waals surface area contributed by atoms with Crippen LogP contribution in [0.3, 0.4) is 0 Å². The molecule has 0 aromatic carbocycles. The monoisotopic (exact) mass is 665 g/mol. The summed E-state index contributed by atoms with van der Waals surface area (Å²) < 4.78 is 51.2. The molecule has 0 aromatic rings. The van der Waals surface area contributed by atoms with Crippen molar-refractivity contribution in [1.82, 2.24) is 46.7 Å². The fourth-order valence-electron chi connectivity index (χ4n) is 4.28. The molecule has 1 rings (SSSR count). The van der Waals surface area contributed by atoms with E-state index in [9.17, 15) is 0 Å². The molecule has 0 amide bonds. The first-order valence-corrected chi connectivity index (χ1v) is 20.9. The Labute approximate surface area is 247 Å². The number of hydrogen-bond acceptors (Lipinski definition) is 15. The van der Waals surface area contributed by atoms with Gasteiger partial charge in [0.05, 0.1) is 0 Å². The highest BCUT2D eigenvalue weighted by molar-refractivity contribution is 7.83. The lowest BCUT2D eigenvalue weighted by Gasteiger charge is -2.47. The van der Waals surface area contributed by atoms with Gasteiger partial charge in [0.1, 0.15) is 0 Å². The maximum atomic E-state index is 5.86. The quantitative estimate of drug-likeness (QED) is 0.285. The van der Waals surface area contributed by atoms with Gasteiger partial charge in [-0.15, -0.1) is 0 Å². The Hall–Kier alpha value is 0.750. The largest absolute Gasteiger partial charge is 0.246 e. The Morgan fingerprint density at radius 1 is 0.200 bits per heavy atom. The van der Waals surface area contributed by atoms with Gasteiger partial charge in [-0.25, -0.2) is 46.7 Å². The highest BCUT2D eigenvalue weighted by Gasteiger charge is 2.45. The van der Waals surface area contributed by atoms with E-state index >= 15 is 0 Å². The number of rotatable bonds is 10. The molecule has 1 aliphatic rings. The van der Waals surface area contributed by atoms with E-state index in [4.69, 9.17) is 22.6 Å². The second-order valence-corrected chi connectivity index (χ2v) is 28.5. The molecule has 0 radical (unpaired) electrons. The van der Waals surface area contributed by atoms with Crippen LogP contribution in [0.5, 0.6) is 0 Å². The molecule has 0 saturated carbocycles. The molecular weight excluding hydrogens is 605 g/mol. The molecule has 15 nitrogen and oxygen atoms in total. The van der Waals surface area contributed by atoms with Gasteiger partial charge in [0.2, 0.25) is 37.5 Å². The third-order valence-corrected chi connectivity index (χ3v) is 26.9. The summed E-state index contributed by atoms with van der Waals surface area (Å²) in [5.74, 6) is 0. The lowest BCUT2D eigenvalue weighted by molar-refractivity contribution is 0.529. The third-order valence-electron chi connectivity index (χ3n) is 6.57. The average molecular weight is 666 g/mol. The van der Waals surface area contributed by atoms with Crippen molar-refractivity contribution in [3.05, 3.63) is 0 Å². The van der Waals surface area contributed by atoms with Crippen LogP contribution >= 0.6 is 37.5 Å². The van der Waals surface area contributed by atoms with Crippen LogP contribution in [0.15, 0.2) is 22.6 Å². The predicted octanol–water partition coefficient (Wildman–Crippen LogP) is 5.35. The van der Waals surface area contributed by atoms with E-state index in [1.807, 2.05) is 0 Å². The summed E-state index contributed by atoms with van der Waals surface area (Å²) in [4.78, 5) is 0. The molecule has 0 unspecified atom stereocenters. The van der Waals surface area contributed by atoms with Crippen molar-refractivity contribution in [3.8, 4) is 0 Å². The summed E-state index contributed by atoms with van der Waals surface area (Å²) in [5, 5.41) is 0. The first-order chi connectivity index (χ1) is 18.0. The van der Waals surface area contributed by atoms with Crippen LogP contribution in [0.4, 0.5) is 0 Å². The van der Waals surface area contributed by atoms with Crippen LogP contribution in [-0.4, -0.2) is 188 Å². The molecule has 0 N–H and O–H groups in total. The Morgan fingerprint density at radius 2 is 0.275 bits per heavy atom. The molecule has 20 heteroatoms. The van der Waals surface area contributed by atoms with Gasteiger partial charge >= 0.3 is 0 Å². The zero-order valence-corrected chi connectivity index (χ0v) is 33.4. The summed E-state index contributed by atoms with van der Waals surface area (Å²) in [7, 11) is 27.8. The van der Waals surface area contributed by atoms with Crippen LogP contribution in [0.25, 0.3) is 0 Å². The maximum absolute atomic E-state index is 5.86. The van der Waals surface area contributed by atoms with Crippen molar-refractivity contribution in [3.63, 3.8) is 0 Å². The van der Waals surface area contributed by atoms with Gasteiger partial charge in [-0.05, 0) is 141 Å². The molecule has 0 bridgehead atoms. The standard InChI is InChI=1S/C20H60N15P5/c1-26(2)36(27(3)4)21-37(28(5)6,29(7)8)23-39(32(13)14,33(15)16)25-40(34(17)18,35(19)20)24-38(22-36,30(9)10)31(11)12/h1-20H3. The Morgan fingerprint density at radius 3 is 0.325 bits per heavy atom. The molecule has 0 aromatic heterocycles. The van der Waals surface area contributed by atoms with E-state index in [0.717, 1.165) is 0 Å². The van der Waals surface area contributed by atoms with Crippen LogP contribution in [-0.2, 0) is 0 Å². The maximum Gasteiger partial charge on any atom is 0.220 e. The van der Waals surface area contributed by atoms with Crippen LogP contribution in [0.1, 0.15) is 0 Å². The lowest BCUT2D eigenvalue weighted by atomic mass is 11.3. The van der Waals surface area contributed by atoms with Crippen LogP contribution < -0.4 is 0 Å². The van der Waals surface area contributed by atoms with Crippen molar-refractivity contribution >= 4 is 37.5 Å². The molecular formula is C20H60N15P5. The molecule has 40 heavy (non-hydrogen) atoms. The second kappa shape index (κ2) is 13.8. The average Bonchev–Trinajstić information content (AvgIpc) is 2.79. The SMILES string of the molecule is CN(C)P1(N(C)C)=NP(N(C)C)(N(C)C)=NP(N(C)C)(N(C)C)=NP(N(C)C)(N(C)C)=NP(N(C)C)(N(C)C)=N1. The molecule has 0 spiro atoms. The Bertz CT molecular complexity index is 868. The van der Waals surface area contributed by atoms with Gasteiger partial charge in [-0.2, -0.15) is 22.6 Å². The van der Waals surface area contributed by atoms with Crippen molar-refractivity contribution in [1.29, 1.82) is 0 Å². The topological polar surface area (TPSA) is 94.2 Å². The van der Waals surface area contributed by atoms with Gasteiger partial charge in [0.25, 0.3) is 0 Å². The van der Waals surface area contributed by atoms with Crippen molar-refractivity contribution < 1.29 is 0 Å². The molecule has 1 aliphatic heterocycles. The van der Waals surface area contributed by atoms with Crippen molar-refractivity contribution in [2.24, 2.45) is 22.6 Å². The van der Waals surface area contributed by atoms with Crippen LogP contribution in [0.2, 0.25) is 0 Å². The first kappa shape index (κ1) is 38.8. The summed E-state index contributed by atoms with van der Waals surface area (Å²) >= 11 is 0. The molecule has 1 heterocycles. The van der Waals surface area contributed by atoms with E-state index in [-0.39, 0.29) is 0 Å². The van der Waals surface area contributed by atoms with E-state index in [0.29, 0.717) is 0 Å². The predicted molar refractivity (Wildman–Crippen MR) is 184 cm³/mol. The van der Waals surface area contributed by atoms with Gasteiger partial charge in [-0.1, -0.05) is 0 Å². The normalized spacial score (nSPS) is 22.2. The summed E-state index contributed by atoms with van der Waals surface area (Å²) in [6, 6.07) is 0. The van der Waals surface area contributed by atoms with Crippen molar-refractivity contribution in [2.75, 3.05) is 141 Å². The fourth-order valence-corrected chi connectivity index (χ4v) is 29.4. The number of hydrogen-bond donors (Lipinski definition) is 0. The zero-order valence-electron chi connectivity index (χ0n) is 28.9. The molecule has 240 valence electrons. The Kier molecular flexibility index (Phi) is 13.4. The van der Waals surface area contributed by atoms with Gasteiger partial charge in [-0.3, -0.25) is 0 Å². The minimum Gasteiger partial charge on any atom is -0.246 e. The first-order valence-electron chi connectivity index (χ1n) is 12.9. The molecule has 0 saturated heterocycles. The molecule has 0 fully saturated rings. The summed E-state index contributed by atoms with van der Waals surface area (Å²) in [5.41, 5.74) is 0. The number of nitrogens with zero attached hydrogens (tertiary/aromatic N) is 15. The third kappa shape index (κ3) is 6.71. The van der Waals surface area contributed by atoms with Gasteiger partial charge in [0, 0.05) is 0 Å². The van der Waals surface area contributed by atoms with E-state index in [1.54, 1.807) is 0 Å². The van der Waals surface area contributed by atoms with E-state index in [2.05, 4.69) is 188 Å². The van der Waals surface area contributed by atoms with Gasteiger partial charge in [0.15, 0.2) is 0 Å². The van der Waals surface area contributed by atoms with Gasteiger partial charge < -0.3 is 0 Å². The zero-order chi connectivity index (χ0) is 31.8. The molecule has 0 atom stereocenters. The minimum atomic E-state index is -2.76. The highest BCUT2D eigenvalue weighted by atomic mass is 31.3. The minimum absolute atomic E-state index is 2.08. The summed E-state index contributed by atoms with van der Waals surface area (Å²) in [6.45, 7) is 0. The van der Waals surface area contributed by atoms with Crippen molar-refractivity contribution in [2.45, 2.75) is 0 Å². The fraction of sp³-hybridized carbons (Fsp3) is 1.00. The lowest BCUT2D eigenvalue weighted by Crippen LogP contribution is -2.29. The second-order valence-electron chi connectivity index (χ2n) is 11.6. The highest BCUT2D eigenvalue weighted by Crippen LogP contribution is 2.82. The Balaban J connectivity index is 5.35. The van der Waals surface area contributed by atoms with E-state index < -0.39 is 37.5 Å². The van der Waals surface area contributed by atoms with Crippen LogP contribution in [0, 0.1) is 0 Å².